The van der Waals surface area contributed by atoms with E-state index in [1.165, 1.54) is 11.3 Å². The van der Waals surface area contributed by atoms with Crippen LogP contribution < -0.4 is 16.4 Å². The van der Waals surface area contributed by atoms with Gasteiger partial charge in [-0.1, -0.05) is 30.4 Å². The maximum Gasteiger partial charge on any atom is 0.319 e. The summed E-state index contributed by atoms with van der Waals surface area (Å²) in [6.45, 7) is 5.67. The predicted octanol–water partition coefficient (Wildman–Crippen LogP) is 2.52. The second kappa shape index (κ2) is 7.08. The fourth-order valence-corrected chi connectivity index (χ4v) is 2.97. The van der Waals surface area contributed by atoms with Crippen molar-refractivity contribution in [1.29, 1.82) is 0 Å². The van der Waals surface area contributed by atoms with Gasteiger partial charge in [-0.25, -0.2) is 9.78 Å². The number of nitrogens with zero attached hydrogens (tertiary/aromatic N) is 4. The molecule has 3 rings (SSSR count). The Morgan fingerprint density at radius 2 is 2.15 bits per heavy atom. The summed E-state index contributed by atoms with van der Waals surface area (Å²) in [5.41, 5.74) is 6.37. The number of nitrogen functional groups attached to an aromatic ring is 1. The van der Waals surface area contributed by atoms with Gasteiger partial charge in [0, 0.05) is 17.7 Å². The molecule has 0 aliphatic carbocycles. The van der Waals surface area contributed by atoms with Crippen LogP contribution in [-0.4, -0.2) is 31.4 Å². The molecule has 3 aromatic rings. The fraction of sp³-hybridized carbons (Fsp3) is 0.312. The third-order valence-electron chi connectivity index (χ3n) is 3.65. The monoisotopic (exact) mass is 372 g/mol. The zero-order valence-electron chi connectivity index (χ0n) is 14.7. The number of carbonyl (C=O) groups excluding carboxylic acids is 1. The van der Waals surface area contributed by atoms with Gasteiger partial charge in [0.1, 0.15) is 10.8 Å². The number of nitrogens with one attached hydrogen (secondary N) is 3. The average molecular weight is 372 g/mol. The number of carbonyl (C=O) groups is 1. The van der Waals surface area contributed by atoms with Crippen molar-refractivity contribution in [3.63, 3.8) is 0 Å². The Morgan fingerprint density at radius 1 is 1.35 bits per heavy atom. The minimum absolute atomic E-state index is 0.356. The van der Waals surface area contributed by atoms with Gasteiger partial charge in [-0.2, -0.15) is 5.10 Å². The summed E-state index contributed by atoms with van der Waals surface area (Å²) in [6, 6.07) is 6.98. The number of aryl methyl sites for hydroxylation is 1. The number of H-pyrrole nitrogens is 1. The molecule has 0 saturated carbocycles. The molecule has 2 aromatic heterocycles. The molecule has 0 radical (unpaired) electrons. The molecule has 10 heteroatoms. The van der Waals surface area contributed by atoms with E-state index < -0.39 is 5.54 Å². The second-order valence-corrected chi connectivity index (χ2v) is 7.20. The van der Waals surface area contributed by atoms with E-state index in [1.54, 1.807) is 6.07 Å². The molecule has 0 saturated heterocycles. The van der Waals surface area contributed by atoms with E-state index in [2.05, 4.69) is 36.0 Å². The molecule has 1 aromatic carbocycles. The molecule has 9 nitrogen and oxygen atoms in total. The van der Waals surface area contributed by atoms with E-state index in [0.29, 0.717) is 21.7 Å². The standard InChI is InChI=1S/C16H20N8OS/c1-4-11-19-12(22-21-11)9-6-5-7-10(8-9)18-15(25)20-16(2,3)13-23-24-14(17)26-13/h5-8H,4H2,1-3H3,(H2,17,24)(H2,18,20,25)(H,19,21,22). The highest BCUT2D eigenvalue weighted by Crippen LogP contribution is 2.25. The predicted molar refractivity (Wildman–Crippen MR) is 101 cm³/mol. The molecule has 0 fully saturated rings. The molecule has 0 aliphatic rings. The van der Waals surface area contributed by atoms with Crippen LogP contribution >= 0.6 is 11.3 Å². The number of amides is 2. The van der Waals surface area contributed by atoms with Crippen LogP contribution in [0.15, 0.2) is 24.3 Å². The van der Waals surface area contributed by atoms with Crippen LogP contribution in [0, 0.1) is 0 Å². The number of rotatable bonds is 5. The Kier molecular flexibility index (Phi) is 4.85. The molecule has 5 N–H and O–H groups in total. The largest absolute Gasteiger partial charge is 0.374 e. The molecule has 2 amide bonds. The van der Waals surface area contributed by atoms with E-state index in [0.717, 1.165) is 17.8 Å². The lowest BCUT2D eigenvalue weighted by atomic mass is 10.1. The lowest BCUT2D eigenvalue weighted by molar-refractivity contribution is 0.241. The van der Waals surface area contributed by atoms with Gasteiger partial charge in [0.25, 0.3) is 0 Å². The number of nitrogens with two attached hydrogens (primary N) is 1. The van der Waals surface area contributed by atoms with Gasteiger partial charge >= 0.3 is 6.03 Å². The third kappa shape index (κ3) is 3.97. The molecular formula is C16H20N8OS. The van der Waals surface area contributed by atoms with Crippen molar-refractivity contribution in [1.82, 2.24) is 30.7 Å². The smallest absolute Gasteiger partial charge is 0.319 e. The molecule has 0 unspecified atom stereocenters. The second-order valence-electron chi connectivity index (χ2n) is 6.19. The van der Waals surface area contributed by atoms with Crippen LogP contribution in [0.1, 0.15) is 31.6 Å². The number of aromatic amines is 1. The number of aromatic nitrogens is 5. The highest BCUT2D eigenvalue weighted by Gasteiger charge is 2.27. The maximum atomic E-state index is 12.4. The number of hydrogen-bond donors (Lipinski definition) is 4. The quantitative estimate of drug-likeness (QED) is 0.543. The first kappa shape index (κ1) is 17.8. The SMILES string of the molecule is CCc1nc(-c2cccc(NC(=O)NC(C)(C)c3nnc(N)s3)c2)n[nH]1. The molecule has 0 spiro atoms. The summed E-state index contributed by atoms with van der Waals surface area (Å²) in [5.74, 6) is 1.41. The Balaban J connectivity index is 1.70. The van der Waals surface area contributed by atoms with Gasteiger partial charge in [-0.05, 0) is 26.0 Å². The first-order valence-electron chi connectivity index (χ1n) is 8.07. The van der Waals surface area contributed by atoms with Gasteiger partial charge in [-0.15, -0.1) is 10.2 Å². The van der Waals surface area contributed by atoms with Gasteiger partial charge in [0.05, 0.1) is 5.54 Å². The van der Waals surface area contributed by atoms with Crippen molar-refractivity contribution in [3.05, 3.63) is 35.1 Å². The van der Waals surface area contributed by atoms with Crippen LogP contribution in [0.25, 0.3) is 11.4 Å². The summed E-state index contributed by atoms with van der Waals surface area (Å²) in [6.07, 6.45) is 0.776. The third-order valence-corrected chi connectivity index (χ3v) is 4.72. The molecular weight excluding hydrogens is 352 g/mol. The molecule has 136 valence electrons. The van der Waals surface area contributed by atoms with Gasteiger partial charge in [-0.3, -0.25) is 5.10 Å². The van der Waals surface area contributed by atoms with Crippen molar-refractivity contribution in [2.24, 2.45) is 0 Å². The lowest BCUT2D eigenvalue weighted by Gasteiger charge is -2.23. The zero-order chi connectivity index (χ0) is 18.7. The minimum atomic E-state index is -0.698. The lowest BCUT2D eigenvalue weighted by Crippen LogP contribution is -2.43. The highest BCUT2D eigenvalue weighted by molar-refractivity contribution is 7.15. The Labute approximate surface area is 154 Å². The van der Waals surface area contributed by atoms with Crippen LogP contribution in [0.2, 0.25) is 0 Å². The number of anilines is 2. The topological polar surface area (TPSA) is 134 Å². The summed E-state index contributed by atoms with van der Waals surface area (Å²) in [7, 11) is 0. The van der Waals surface area contributed by atoms with E-state index in [4.69, 9.17) is 5.73 Å². The normalized spacial score (nSPS) is 11.3. The number of hydrogen-bond acceptors (Lipinski definition) is 7. The van der Waals surface area contributed by atoms with E-state index in [1.807, 2.05) is 39.0 Å². The number of benzene rings is 1. The van der Waals surface area contributed by atoms with Crippen LogP contribution in [0.3, 0.4) is 0 Å². The van der Waals surface area contributed by atoms with E-state index in [9.17, 15) is 4.79 Å². The summed E-state index contributed by atoms with van der Waals surface area (Å²) in [4.78, 5) is 16.8. The van der Waals surface area contributed by atoms with Crippen molar-refractivity contribution < 1.29 is 4.79 Å². The van der Waals surface area contributed by atoms with Crippen LogP contribution in [-0.2, 0) is 12.0 Å². The van der Waals surface area contributed by atoms with Gasteiger partial charge in [0.15, 0.2) is 5.82 Å². The fourth-order valence-electron chi connectivity index (χ4n) is 2.31. The average Bonchev–Trinajstić information content (AvgIpc) is 3.23. The van der Waals surface area contributed by atoms with Crippen LogP contribution in [0.4, 0.5) is 15.6 Å². The first-order chi connectivity index (χ1) is 12.4. The Morgan fingerprint density at radius 3 is 2.81 bits per heavy atom. The molecule has 0 aliphatic heterocycles. The Hall–Kier alpha value is -3.01. The molecule has 0 bridgehead atoms. The van der Waals surface area contributed by atoms with Crippen molar-refractivity contribution in [2.75, 3.05) is 11.1 Å². The van der Waals surface area contributed by atoms with Gasteiger partial charge in [0.2, 0.25) is 5.13 Å². The van der Waals surface area contributed by atoms with Crippen molar-refractivity contribution in [3.8, 4) is 11.4 Å². The molecule has 0 atom stereocenters. The minimum Gasteiger partial charge on any atom is -0.374 e. The molecule has 26 heavy (non-hydrogen) atoms. The first-order valence-corrected chi connectivity index (χ1v) is 8.89. The summed E-state index contributed by atoms with van der Waals surface area (Å²) < 4.78 is 0. The highest BCUT2D eigenvalue weighted by atomic mass is 32.1. The van der Waals surface area contributed by atoms with Crippen LogP contribution in [0.5, 0.6) is 0 Å². The molecule has 2 heterocycles. The zero-order valence-corrected chi connectivity index (χ0v) is 15.5. The van der Waals surface area contributed by atoms with Crippen molar-refractivity contribution in [2.45, 2.75) is 32.7 Å². The summed E-state index contributed by atoms with van der Waals surface area (Å²) in [5, 5.41) is 21.5. The van der Waals surface area contributed by atoms with E-state index in [-0.39, 0.29) is 6.03 Å². The number of urea groups is 1. The van der Waals surface area contributed by atoms with Crippen molar-refractivity contribution >= 4 is 28.2 Å². The maximum absolute atomic E-state index is 12.4. The van der Waals surface area contributed by atoms with Gasteiger partial charge < -0.3 is 16.4 Å². The summed E-state index contributed by atoms with van der Waals surface area (Å²) >= 11 is 1.24. The van der Waals surface area contributed by atoms with E-state index >= 15 is 0 Å². The Bertz CT molecular complexity index is 916.